The van der Waals surface area contributed by atoms with Crippen LogP contribution in [0.15, 0.2) is 70.5 Å². The highest BCUT2D eigenvalue weighted by Crippen LogP contribution is 2.09. The van der Waals surface area contributed by atoms with Crippen molar-refractivity contribution in [3.05, 3.63) is 98.7 Å². The summed E-state index contributed by atoms with van der Waals surface area (Å²) in [5.74, 6) is -1.97. The lowest BCUT2D eigenvalue weighted by molar-refractivity contribution is -0.122. The quantitative estimate of drug-likeness (QED) is 0.413. The summed E-state index contributed by atoms with van der Waals surface area (Å²) in [5, 5.41) is 0. The van der Waals surface area contributed by atoms with Crippen LogP contribution >= 0.6 is 0 Å². The van der Waals surface area contributed by atoms with Crippen LogP contribution in [0, 0.1) is 5.82 Å². The second kappa shape index (κ2) is 9.53. The number of hydrogen-bond acceptors (Lipinski definition) is 5. The lowest BCUT2D eigenvalue weighted by Crippen LogP contribution is -2.48. The van der Waals surface area contributed by atoms with Gasteiger partial charge in [0.15, 0.2) is 11.2 Å². The number of rotatable bonds is 6. The van der Waals surface area contributed by atoms with Crippen molar-refractivity contribution in [1.82, 2.24) is 29.5 Å². The highest BCUT2D eigenvalue weighted by atomic mass is 19.1. The number of amides is 2. The van der Waals surface area contributed by atoms with Crippen LogP contribution in [0.25, 0.3) is 11.2 Å². The molecule has 2 N–H and O–H groups in total. The van der Waals surface area contributed by atoms with Crippen molar-refractivity contribution in [2.75, 3.05) is 0 Å². The SMILES string of the molecule is CCn1cnc2c1c(=O)n(CC(=O)NNC(=O)c1ccc(F)cc1)c(=O)n2Cc1ccccc1. The predicted octanol–water partition coefficient (Wildman–Crippen LogP) is 1.03. The van der Waals surface area contributed by atoms with Crippen LogP contribution in [0.5, 0.6) is 0 Å². The molecule has 0 aliphatic rings. The molecule has 0 unspecified atom stereocenters. The van der Waals surface area contributed by atoms with Gasteiger partial charge in [0, 0.05) is 12.1 Å². The maximum atomic E-state index is 13.2. The molecule has 34 heavy (non-hydrogen) atoms. The molecular weight excluding hydrogens is 443 g/mol. The van der Waals surface area contributed by atoms with Gasteiger partial charge < -0.3 is 4.57 Å². The number of nitrogens with zero attached hydrogens (tertiary/aromatic N) is 4. The molecule has 2 amide bonds. The van der Waals surface area contributed by atoms with Crippen molar-refractivity contribution in [2.24, 2.45) is 0 Å². The van der Waals surface area contributed by atoms with Gasteiger partial charge >= 0.3 is 5.69 Å². The summed E-state index contributed by atoms with van der Waals surface area (Å²) in [6.45, 7) is 1.80. The van der Waals surface area contributed by atoms with Gasteiger partial charge in [-0.2, -0.15) is 0 Å². The van der Waals surface area contributed by atoms with E-state index in [1.54, 1.807) is 4.57 Å². The first-order valence-corrected chi connectivity index (χ1v) is 10.5. The third-order valence-electron chi connectivity index (χ3n) is 5.23. The third-order valence-corrected chi connectivity index (χ3v) is 5.23. The van der Waals surface area contributed by atoms with E-state index < -0.39 is 35.4 Å². The summed E-state index contributed by atoms with van der Waals surface area (Å²) in [6, 6.07) is 13.9. The molecule has 2 aromatic heterocycles. The predicted molar refractivity (Wildman–Crippen MR) is 121 cm³/mol. The van der Waals surface area contributed by atoms with E-state index in [-0.39, 0.29) is 23.3 Å². The van der Waals surface area contributed by atoms with Gasteiger partial charge in [-0.05, 0) is 36.8 Å². The molecule has 11 heteroatoms. The Kier molecular flexibility index (Phi) is 6.35. The first-order chi connectivity index (χ1) is 16.4. The van der Waals surface area contributed by atoms with Gasteiger partial charge in [0.25, 0.3) is 17.4 Å². The first-order valence-electron chi connectivity index (χ1n) is 10.5. The van der Waals surface area contributed by atoms with E-state index in [1.165, 1.54) is 23.0 Å². The monoisotopic (exact) mass is 464 g/mol. The van der Waals surface area contributed by atoms with Crippen LogP contribution in [0.3, 0.4) is 0 Å². The molecule has 174 valence electrons. The zero-order valence-corrected chi connectivity index (χ0v) is 18.2. The number of aryl methyl sites for hydroxylation is 1. The van der Waals surface area contributed by atoms with Gasteiger partial charge in [-0.15, -0.1) is 0 Å². The van der Waals surface area contributed by atoms with E-state index in [2.05, 4.69) is 15.8 Å². The maximum Gasteiger partial charge on any atom is 0.333 e. The lowest BCUT2D eigenvalue weighted by Gasteiger charge is -2.13. The Balaban J connectivity index is 1.63. The molecule has 0 saturated heterocycles. The largest absolute Gasteiger partial charge is 0.333 e. The number of imidazole rings is 1. The highest BCUT2D eigenvalue weighted by molar-refractivity contribution is 5.95. The van der Waals surface area contributed by atoms with Crippen LogP contribution in [0.2, 0.25) is 0 Å². The molecule has 4 aromatic rings. The van der Waals surface area contributed by atoms with Crippen molar-refractivity contribution in [3.8, 4) is 0 Å². The summed E-state index contributed by atoms with van der Waals surface area (Å²) in [5.41, 5.74) is 4.35. The molecule has 0 bridgehead atoms. The topological polar surface area (TPSA) is 120 Å². The Bertz CT molecular complexity index is 1470. The molecule has 0 radical (unpaired) electrons. The Morgan fingerprint density at radius 2 is 1.68 bits per heavy atom. The van der Waals surface area contributed by atoms with Gasteiger partial charge in [0.05, 0.1) is 12.9 Å². The molecule has 0 fully saturated rings. The van der Waals surface area contributed by atoms with Crippen molar-refractivity contribution >= 4 is 23.0 Å². The van der Waals surface area contributed by atoms with E-state index >= 15 is 0 Å². The number of nitrogens with one attached hydrogen (secondary N) is 2. The van der Waals surface area contributed by atoms with Gasteiger partial charge in [-0.3, -0.25) is 29.8 Å². The number of halogens is 1. The van der Waals surface area contributed by atoms with Gasteiger partial charge in [-0.25, -0.2) is 18.7 Å². The first kappa shape index (κ1) is 22.6. The minimum atomic E-state index is -0.789. The standard InChI is InChI=1S/C23H21FN6O4/c1-2-28-14-25-20-19(28)22(33)30(23(34)29(20)12-15-6-4-3-5-7-15)13-18(31)26-27-21(32)16-8-10-17(24)11-9-16/h3-11,14H,2,12-13H2,1H3,(H,26,31)(H,27,32). The Morgan fingerprint density at radius 3 is 2.35 bits per heavy atom. The molecule has 0 saturated carbocycles. The zero-order chi connectivity index (χ0) is 24.2. The number of carbonyl (C=O) groups excluding carboxylic acids is 2. The third kappa shape index (κ3) is 4.49. The second-order valence-electron chi connectivity index (χ2n) is 7.46. The van der Waals surface area contributed by atoms with Crippen molar-refractivity contribution < 1.29 is 14.0 Å². The van der Waals surface area contributed by atoms with E-state index in [9.17, 15) is 23.6 Å². The number of hydrogen-bond donors (Lipinski definition) is 2. The average Bonchev–Trinajstić information content (AvgIpc) is 3.28. The number of hydrazine groups is 1. The maximum absolute atomic E-state index is 13.2. The Morgan fingerprint density at radius 1 is 0.971 bits per heavy atom. The zero-order valence-electron chi connectivity index (χ0n) is 18.2. The summed E-state index contributed by atoms with van der Waals surface area (Å²) in [6.07, 6.45) is 1.47. The summed E-state index contributed by atoms with van der Waals surface area (Å²) in [4.78, 5) is 55.2. The average molecular weight is 464 g/mol. The molecule has 0 atom stereocenters. The van der Waals surface area contributed by atoms with Crippen LogP contribution in [-0.2, 0) is 24.4 Å². The van der Waals surface area contributed by atoms with Gasteiger partial charge in [-0.1, -0.05) is 30.3 Å². The fourth-order valence-corrected chi connectivity index (χ4v) is 3.51. The molecule has 0 aliphatic carbocycles. The van der Waals surface area contributed by atoms with E-state index in [4.69, 9.17) is 0 Å². The van der Waals surface area contributed by atoms with Crippen LogP contribution in [-0.4, -0.2) is 30.5 Å². The van der Waals surface area contributed by atoms with Crippen LogP contribution in [0.4, 0.5) is 4.39 Å². The minimum Gasteiger partial charge on any atom is -0.325 e. The van der Waals surface area contributed by atoms with Crippen LogP contribution < -0.4 is 22.1 Å². The van der Waals surface area contributed by atoms with Crippen molar-refractivity contribution in [2.45, 2.75) is 26.6 Å². The van der Waals surface area contributed by atoms with Gasteiger partial charge in [0.1, 0.15) is 12.4 Å². The number of fused-ring (bicyclic) bond motifs is 1. The number of benzene rings is 2. The summed E-state index contributed by atoms with van der Waals surface area (Å²) in [7, 11) is 0. The van der Waals surface area contributed by atoms with Crippen molar-refractivity contribution in [1.29, 1.82) is 0 Å². The summed E-state index contributed by atoms with van der Waals surface area (Å²) < 4.78 is 16.8. The Labute approximate surface area is 192 Å². The number of aromatic nitrogens is 4. The summed E-state index contributed by atoms with van der Waals surface area (Å²) >= 11 is 0. The second-order valence-corrected chi connectivity index (χ2v) is 7.46. The fraction of sp³-hybridized carbons (Fsp3) is 0.174. The van der Waals surface area contributed by atoms with Crippen molar-refractivity contribution in [3.63, 3.8) is 0 Å². The van der Waals surface area contributed by atoms with Crippen LogP contribution in [0.1, 0.15) is 22.8 Å². The molecule has 4 rings (SSSR count). The lowest BCUT2D eigenvalue weighted by atomic mass is 10.2. The molecule has 2 heterocycles. The molecule has 0 aliphatic heterocycles. The number of carbonyl (C=O) groups is 2. The van der Waals surface area contributed by atoms with E-state index in [0.717, 1.165) is 22.3 Å². The minimum absolute atomic E-state index is 0.123. The molecule has 2 aromatic carbocycles. The normalized spacial score (nSPS) is 10.9. The molecule has 10 nitrogen and oxygen atoms in total. The molecule has 0 spiro atoms. The smallest absolute Gasteiger partial charge is 0.325 e. The highest BCUT2D eigenvalue weighted by Gasteiger charge is 2.20. The fourth-order valence-electron chi connectivity index (χ4n) is 3.51. The van der Waals surface area contributed by atoms with Gasteiger partial charge in [0.2, 0.25) is 0 Å². The van der Waals surface area contributed by atoms with E-state index in [1.807, 2.05) is 37.3 Å². The van der Waals surface area contributed by atoms with E-state index in [0.29, 0.717) is 6.54 Å². The Hall–Kier alpha value is -4.54. The molecular formula is C23H21FN6O4.